The summed E-state index contributed by atoms with van der Waals surface area (Å²) in [5, 5.41) is 52.0. The van der Waals surface area contributed by atoms with Gasteiger partial charge in [0.25, 0.3) is 0 Å². The van der Waals surface area contributed by atoms with E-state index in [1.165, 1.54) is 0 Å². The van der Waals surface area contributed by atoms with E-state index in [-0.39, 0.29) is 62.0 Å². The van der Waals surface area contributed by atoms with Crippen LogP contribution in [0.3, 0.4) is 0 Å². The van der Waals surface area contributed by atoms with Crippen molar-refractivity contribution >= 4 is 35.2 Å². The zero-order chi connectivity index (χ0) is 17.6. The molecule has 0 saturated heterocycles. The van der Waals surface area contributed by atoms with E-state index < -0.39 is 59.7 Å². The molecule has 0 fully saturated rings. The molecule has 4 unspecified atom stereocenters. The predicted molar refractivity (Wildman–Crippen MR) is 62.7 cm³/mol. The molecule has 130 valence electrons. The summed E-state index contributed by atoms with van der Waals surface area (Å²) in [5.41, 5.74) is 0. The van der Waals surface area contributed by atoms with Crippen LogP contribution in [0.1, 0.15) is 2.85 Å². The molecular formula is C8H12Na2O13S. The van der Waals surface area contributed by atoms with Crippen molar-refractivity contribution in [3.05, 3.63) is 0 Å². The molecule has 16 heteroatoms. The second-order valence-corrected chi connectivity index (χ2v) is 4.27. The molecule has 0 rings (SSSR count). The summed E-state index contributed by atoms with van der Waals surface area (Å²) in [6, 6.07) is 0. The third-order valence-electron chi connectivity index (χ3n) is 1.93. The molecule has 0 aromatic heterocycles. The topological polar surface area (TPSA) is 225 Å². The molecule has 13 nitrogen and oxygen atoms in total. The maximum atomic E-state index is 11.3. The van der Waals surface area contributed by atoms with Crippen LogP contribution in [-0.2, 0) is 38.9 Å². The third-order valence-corrected chi connectivity index (χ3v) is 2.66. The maximum Gasteiger partial charge on any atom is 1.00 e. The third kappa shape index (κ3) is 9.38. The van der Waals surface area contributed by atoms with Gasteiger partial charge in [0.05, 0.1) is 0 Å². The van der Waals surface area contributed by atoms with Crippen LogP contribution in [-0.4, -0.2) is 83.1 Å². The number of carbonyl (C=O) groups is 4. The number of hydrogen-bond acceptors (Lipinski definition) is 9. The van der Waals surface area contributed by atoms with Gasteiger partial charge in [0.2, 0.25) is 12.2 Å². The number of aliphatic hydroxyl groups is 2. The van der Waals surface area contributed by atoms with Gasteiger partial charge in [-0.15, -0.1) is 0 Å². The maximum absolute atomic E-state index is 11.3. The van der Waals surface area contributed by atoms with Crippen LogP contribution in [0, 0.1) is 0 Å². The van der Waals surface area contributed by atoms with Gasteiger partial charge in [-0.05, 0) is 0 Å². The van der Waals surface area contributed by atoms with Gasteiger partial charge >= 0.3 is 94.4 Å². The standard InChI is InChI=1S/C8H10O13S.2Na.2H/c9-1(5(11)12)3(7(15)16)20-22(19)21-4(8(17)18)2(10)6(13)14;;;;/h1-4,9-10H,(H,11,12)(H,13,14)(H,15,16)(H,17,18);;;;/q;2*+1;2*-1. The molecule has 4 atom stereocenters. The van der Waals surface area contributed by atoms with Crippen molar-refractivity contribution in [2.45, 2.75) is 24.4 Å². The first-order valence-corrected chi connectivity index (χ1v) is 6.02. The second-order valence-electron chi connectivity index (χ2n) is 3.48. The Morgan fingerprint density at radius 3 is 1.12 bits per heavy atom. The number of aliphatic hydroxyl groups excluding tert-OH is 2. The largest absolute Gasteiger partial charge is 1.00 e. The summed E-state index contributed by atoms with van der Waals surface area (Å²) in [6.45, 7) is 0. The SMILES string of the molecule is O=C(O)C(O)C(OS(=O)OC(C(=O)O)C(O)C(=O)O)C(=O)O.[H-].[H-].[Na+].[Na+]. The van der Waals surface area contributed by atoms with Gasteiger partial charge in [-0.3, -0.25) is 0 Å². The molecule has 0 aliphatic rings. The van der Waals surface area contributed by atoms with E-state index in [1.54, 1.807) is 0 Å². The zero-order valence-electron chi connectivity index (χ0n) is 14.3. The summed E-state index contributed by atoms with van der Waals surface area (Å²) in [7, 11) is 0. The molecule has 0 aromatic rings. The predicted octanol–water partition coefficient (Wildman–Crippen LogP) is -9.37. The van der Waals surface area contributed by atoms with E-state index in [0.29, 0.717) is 0 Å². The minimum Gasteiger partial charge on any atom is -1.00 e. The van der Waals surface area contributed by atoms with Gasteiger partial charge in [-0.2, -0.15) is 4.21 Å². The fourth-order valence-electron chi connectivity index (χ4n) is 0.909. The Morgan fingerprint density at radius 2 is 0.958 bits per heavy atom. The Kier molecular flexibility index (Phi) is 15.7. The van der Waals surface area contributed by atoms with Crippen molar-refractivity contribution < 1.29 is 124 Å². The van der Waals surface area contributed by atoms with Crippen molar-refractivity contribution in [2.24, 2.45) is 0 Å². The van der Waals surface area contributed by atoms with E-state index >= 15 is 0 Å². The van der Waals surface area contributed by atoms with E-state index in [4.69, 9.17) is 30.6 Å². The fourth-order valence-corrected chi connectivity index (χ4v) is 1.67. The molecule has 0 aromatic carbocycles. The minimum absolute atomic E-state index is 0. The Morgan fingerprint density at radius 1 is 0.708 bits per heavy atom. The first-order valence-electron chi connectivity index (χ1n) is 5.02. The fraction of sp³-hybridized carbons (Fsp3) is 0.500. The van der Waals surface area contributed by atoms with Gasteiger partial charge in [0.1, 0.15) is 0 Å². The number of rotatable bonds is 10. The number of carboxylic acid groups (broad SMARTS) is 4. The Balaban J connectivity index is -0.000000367. The molecule has 0 heterocycles. The van der Waals surface area contributed by atoms with E-state index in [9.17, 15) is 23.4 Å². The van der Waals surface area contributed by atoms with E-state index in [1.807, 2.05) is 0 Å². The first-order chi connectivity index (χ1) is 9.98. The normalized spacial score (nSPS) is 16.2. The molecule has 0 bridgehead atoms. The summed E-state index contributed by atoms with van der Waals surface area (Å²) in [6.07, 6.45) is -10.5. The van der Waals surface area contributed by atoms with Gasteiger partial charge < -0.3 is 33.5 Å². The zero-order valence-corrected chi connectivity index (χ0v) is 17.1. The van der Waals surface area contributed by atoms with Crippen molar-refractivity contribution in [3.63, 3.8) is 0 Å². The molecule has 0 saturated carbocycles. The summed E-state index contributed by atoms with van der Waals surface area (Å²) in [5.74, 6) is -8.25. The first kappa shape index (κ1) is 28.7. The van der Waals surface area contributed by atoms with Gasteiger partial charge in [-0.25, -0.2) is 27.5 Å². The molecule has 0 aliphatic carbocycles. The summed E-state index contributed by atoms with van der Waals surface area (Å²) >= 11 is -3.30. The van der Waals surface area contributed by atoms with Crippen LogP contribution in [0.25, 0.3) is 0 Å². The van der Waals surface area contributed by atoms with E-state index in [0.717, 1.165) is 0 Å². The van der Waals surface area contributed by atoms with Crippen LogP contribution < -0.4 is 59.1 Å². The van der Waals surface area contributed by atoms with Crippen molar-refractivity contribution in [3.8, 4) is 0 Å². The Bertz CT molecular complexity index is 465. The van der Waals surface area contributed by atoms with Crippen molar-refractivity contribution in [1.29, 1.82) is 0 Å². The van der Waals surface area contributed by atoms with Gasteiger partial charge in [-0.1, -0.05) is 0 Å². The number of hydrogen-bond donors (Lipinski definition) is 6. The summed E-state index contributed by atoms with van der Waals surface area (Å²) in [4.78, 5) is 42.1. The molecule has 0 amide bonds. The molecule has 0 radical (unpaired) electrons. The molecular weight excluding hydrogens is 382 g/mol. The average molecular weight is 394 g/mol. The second kappa shape index (κ2) is 13.1. The quantitative estimate of drug-likeness (QED) is 0.189. The van der Waals surface area contributed by atoms with Crippen molar-refractivity contribution in [1.82, 2.24) is 0 Å². The molecule has 0 aliphatic heterocycles. The van der Waals surface area contributed by atoms with Crippen LogP contribution in [0.4, 0.5) is 0 Å². The monoisotopic (exact) mass is 394 g/mol. The Hall–Kier alpha value is -0.130. The summed E-state index contributed by atoms with van der Waals surface area (Å²) < 4.78 is 19.3. The van der Waals surface area contributed by atoms with Crippen LogP contribution >= 0.6 is 0 Å². The smallest absolute Gasteiger partial charge is 1.00 e. The van der Waals surface area contributed by atoms with Crippen LogP contribution in [0.15, 0.2) is 0 Å². The van der Waals surface area contributed by atoms with Gasteiger partial charge in [0, 0.05) is 0 Å². The molecule has 24 heavy (non-hydrogen) atoms. The minimum atomic E-state index is -3.30. The van der Waals surface area contributed by atoms with Crippen LogP contribution in [0.2, 0.25) is 0 Å². The number of carboxylic acids is 4. The number of aliphatic carboxylic acids is 4. The van der Waals surface area contributed by atoms with Gasteiger partial charge in [0.15, 0.2) is 12.2 Å². The average Bonchev–Trinajstić information content (AvgIpc) is 2.39. The Labute approximate surface area is 183 Å². The van der Waals surface area contributed by atoms with Crippen molar-refractivity contribution in [2.75, 3.05) is 0 Å². The van der Waals surface area contributed by atoms with E-state index in [2.05, 4.69) is 8.37 Å². The molecule has 6 N–H and O–H groups in total. The van der Waals surface area contributed by atoms with Crippen LogP contribution in [0.5, 0.6) is 0 Å². The molecule has 0 spiro atoms.